The van der Waals surface area contributed by atoms with Crippen molar-refractivity contribution < 1.29 is 9.53 Å². The van der Waals surface area contributed by atoms with Crippen molar-refractivity contribution in [2.24, 2.45) is 0 Å². The first-order valence-electron chi connectivity index (χ1n) is 7.71. The van der Waals surface area contributed by atoms with E-state index in [1.165, 1.54) is 5.56 Å². The van der Waals surface area contributed by atoms with Crippen LogP contribution in [0, 0.1) is 6.92 Å². The van der Waals surface area contributed by atoms with Crippen molar-refractivity contribution in [1.29, 1.82) is 0 Å². The standard InChI is InChI=1S/C17H28N2O2/c1-6-7-10-19-17(20)14(4)21-16-9-8-12(2)11-15(16)13(3)18-5/h8-9,11,13-14,18H,6-7,10H2,1-5H3,(H,19,20). The Balaban J connectivity index is 2.75. The Kier molecular flexibility index (Phi) is 7.23. The van der Waals surface area contributed by atoms with Crippen molar-refractivity contribution in [3.8, 4) is 5.75 Å². The molecule has 0 heterocycles. The number of hydrogen-bond acceptors (Lipinski definition) is 3. The van der Waals surface area contributed by atoms with Crippen LogP contribution in [0.5, 0.6) is 5.75 Å². The lowest BCUT2D eigenvalue weighted by Gasteiger charge is -2.20. The van der Waals surface area contributed by atoms with E-state index in [-0.39, 0.29) is 11.9 Å². The number of carbonyl (C=O) groups excluding carboxylic acids is 1. The molecule has 0 saturated heterocycles. The Labute approximate surface area is 128 Å². The first kappa shape index (κ1) is 17.5. The van der Waals surface area contributed by atoms with Gasteiger partial charge >= 0.3 is 0 Å². The van der Waals surface area contributed by atoms with E-state index in [9.17, 15) is 4.79 Å². The number of rotatable bonds is 8. The second kappa shape index (κ2) is 8.67. The smallest absolute Gasteiger partial charge is 0.260 e. The second-order valence-electron chi connectivity index (χ2n) is 5.46. The Morgan fingerprint density at radius 1 is 1.33 bits per heavy atom. The van der Waals surface area contributed by atoms with Gasteiger partial charge in [-0.3, -0.25) is 4.79 Å². The second-order valence-corrected chi connectivity index (χ2v) is 5.46. The van der Waals surface area contributed by atoms with E-state index in [0.29, 0.717) is 6.54 Å². The number of carbonyl (C=O) groups is 1. The zero-order chi connectivity index (χ0) is 15.8. The highest BCUT2D eigenvalue weighted by molar-refractivity contribution is 5.80. The molecule has 0 aliphatic heterocycles. The minimum atomic E-state index is -0.493. The van der Waals surface area contributed by atoms with Crippen LogP contribution in [0.25, 0.3) is 0 Å². The lowest BCUT2D eigenvalue weighted by Crippen LogP contribution is -2.37. The maximum atomic E-state index is 12.0. The Hall–Kier alpha value is -1.55. The summed E-state index contributed by atoms with van der Waals surface area (Å²) >= 11 is 0. The number of aryl methyl sites for hydroxylation is 1. The van der Waals surface area contributed by atoms with Crippen LogP contribution in [0.1, 0.15) is 50.8 Å². The van der Waals surface area contributed by atoms with Crippen molar-refractivity contribution in [2.45, 2.75) is 52.7 Å². The zero-order valence-corrected chi connectivity index (χ0v) is 13.8. The highest BCUT2D eigenvalue weighted by Crippen LogP contribution is 2.27. The lowest BCUT2D eigenvalue weighted by molar-refractivity contribution is -0.127. The summed E-state index contributed by atoms with van der Waals surface area (Å²) < 4.78 is 5.86. The number of benzene rings is 1. The highest BCUT2D eigenvalue weighted by atomic mass is 16.5. The van der Waals surface area contributed by atoms with Crippen LogP contribution in [0.4, 0.5) is 0 Å². The molecule has 118 valence electrons. The average molecular weight is 292 g/mol. The van der Waals surface area contributed by atoms with Crippen molar-refractivity contribution in [1.82, 2.24) is 10.6 Å². The molecule has 0 aliphatic carbocycles. The molecule has 0 saturated carbocycles. The van der Waals surface area contributed by atoms with Crippen LogP contribution in [0.15, 0.2) is 18.2 Å². The number of hydrogen-bond donors (Lipinski definition) is 2. The fourth-order valence-electron chi connectivity index (χ4n) is 2.05. The third-order valence-electron chi connectivity index (χ3n) is 3.57. The molecule has 0 radical (unpaired) electrons. The molecule has 2 atom stereocenters. The van der Waals surface area contributed by atoms with Crippen LogP contribution in [-0.2, 0) is 4.79 Å². The SMILES string of the molecule is CCCCNC(=O)C(C)Oc1ccc(C)cc1C(C)NC. The third kappa shape index (κ3) is 5.38. The monoisotopic (exact) mass is 292 g/mol. The fourth-order valence-corrected chi connectivity index (χ4v) is 2.05. The summed E-state index contributed by atoms with van der Waals surface area (Å²) in [5.74, 6) is 0.702. The Morgan fingerprint density at radius 3 is 2.67 bits per heavy atom. The van der Waals surface area contributed by atoms with Crippen molar-refractivity contribution in [2.75, 3.05) is 13.6 Å². The normalized spacial score (nSPS) is 13.6. The summed E-state index contributed by atoms with van der Waals surface area (Å²) in [5.41, 5.74) is 2.25. The molecule has 1 amide bonds. The molecule has 0 aromatic heterocycles. The zero-order valence-electron chi connectivity index (χ0n) is 13.8. The summed E-state index contributed by atoms with van der Waals surface area (Å²) in [7, 11) is 1.91. The van der Waals surface area contributed by atoms with Gasteiger partial charge in [-0.25, -0.2) is 0 Å². The maximum absolute atomic E-state index is 12.0. The van der Waals surface area contributed by atoms with E-state index in [1.54, 1.807) is 6.92 Å². The minimum absolute atomic E-state index is 0.0629. The quantitative estimate of drug-likeness (QED) is 0.724. The van der Waals surface area contributed by atoms with Crippen LogP contribution >= 0.6 is 0 Å². The van der Waals surface area contributed by atoms with E-state index < -0.39 is 6.10 Å². The summed E-state index contributed by atoms with van der Waals surface area (Å²) in [6.07, 6.45) is 1.56. The largest absolute Gasteiger partial charge is 0.481 e. The van der Waals surface area contributed by atoms with Gasteiger partial charge < -0.3 is 15.4 Å². The third-order valence-corrected chi connectivity index (χ3v) is 3.57. The van der Waals surface area contributed by atoms with E-state index >= 15 is 0 Å². The molecule has 0 fully saturated rings. The van der Waals surface area contributed by atoms with Gasteiger partial charge in [-0.1, -0.05) is 31.0 Å². The highest BCUT2D eigenvalue weighted by Gasteiger charge is 2.17. The topological polar surface area (TPSA) is 50.4 Å². The molecule has 4 nitrogen and oxygen atoms in total. The molecule has 21 heavy (non-hydrogen) atoms. The molecule has 0 bridgehead atoms. The molecule has 1 rings (SSSR count). The summed E-state index contributed by atoms with van der Waals surface area (Å²) in [5, 5.41) is 6.11. The van der Waals surface area contributed by atoms with Gasteiger partial charge in [0, 0.05) is 18.2 Å². The van der Waals surface area contributed by atoms with Gasteiger partial charge in [0.1, 0.15) is 5.75 Å². The lowest BCUT2D eigenvalue weighted by atomic mass is 10.0. The summed E-state index contributed by atoms with van der Waals surface area (Å²) in [6, 6.07) is 6.21. The van der Waals surface area contributed by atoms with Gasteiger partial charge in [-0.05, 0) is 40.3 Å². The summed E-state index contributed by atoms with van der Waals surface area (Å²) in [4.78, 5) is 12.0. The molecule has 0 spiro atoms. The molecular formula is C17H28N2O2. The van der Waals surface area contributed by atoms with Crippen LogP contribution in [0.3, 0.4) is 0 Å². The average Bonchev–Trinajstić information content (AvgIpc) is 2.48. The van der Waals surface area contributed by atoms with Gasteiger partial charge in [0.05, 0.1) is 0 Å². The predicted octanol–water partition coefficient (Wildman–Crippen LogP) is 2.96. The van der Waals surface area contributed by atoms with E-state index in [1.807, 2.05) is 19.2 Å². The number of unbranched alkanes of at least 4 members (excludes halogenated alkanes) is 1. The molecule has 2 unspecified atom stereocenters. The van der Waals surface area contributed by atoms with Crippen molar-refractivity contribution in [3.05, 3.63) is 29.3 Å². The first-order chi connectivity index (χ1) is 9.99. The molecule has 0 aliphatic rings. The molecule has 4 heteroatoms. The van der Waals surface area contributed by atoms with Gasteiger partial charge in [0.25, 0.3) is 5.91 Å². The Morgan fingerprint density at radius 2 is 2.05 bits per heavy atom. The predicted molar refractivity (Wildman–Crippen MR) is 86.7 cm³/mol. The van der Waals surface area contributed by atoms with E-state index in [4.69, 9.17) is 4.74 Å². The van der Waals surface area contributed by atoms with Gasteiger partial charge in [-0.2, -0.15) is 0 Å². The molecule has 1 aromatic carbocycles. The first-order valence-corrected chi connectivity index (χ1v) is 7.71. The van der Waals surface area contributed by atoms with Crippen LogP contribution in [-0.4, -0.2) is 25.6 Å². The Bertz CT molecular complexity index is 460. The minimum Gasteiger partial charge on any atom is -0.481 e. The maximum Gasteiger partial charge on any atom is 0.260 e. The molecule has 1 aromatic rings. The van der Waals surface area contributed by atoms with Crippen LogP contribution < -0.4 is 15.4 Å². The van der Waals surface area contributed by atoms with Gasteiger partial charge in [-0.15, -0.1) is 0 Å². The van der Waals surface area contributed by atoms with Gasteiger partial charge in [0.15, 0.2) is 6.10 Å². The van der Waals surface area contributed by atoms with Gasteiger partial charge in [0.2, 0.25) is 0 Å². The van der Waals surface area contributed by atoms with Crippen molar-refractivity contribution >= 4 is 5.91 Å². The van der Waals surface area contributed by atoms with Crippen molar-refractivity contribution in [3.63, 3.8) is 0 Å². The van der Waals surface area contributed by atoms with Crippen LogP contribution in [0.2, 0.25) is 0 Å². The molecule has 2 N–H and O–H groups in total. The molecular weight excluding hydrogens is 264 g/mol. The number of ether oxygens (including phenoxy) is 1. The fraction of sp³-hybridized carbons (Fsp3) is 0.588. The van der Waals surface area contributed by atoms with E-state index in [2.05, 4.69) is 37.5 Å². The number of nitrogens with one attached hydrogen (secondary N) is 2. The van der Waals surface area contributed by atoms with E-state index in [0.717, 1.165) is 24.2 Å². The number of amides is 1. The summed E-state index contributed by atoms with van der Waals surface area (Å²) in [6.45, 7) is 8.72.